The quantitative estimate of drug-likeness (QED) is 0.752. The maximum Gasteiger partial charge on any atom is 0.127 e. The summed E-state index contributed by atoms with van der Waals surface area (Å²) < 4.78 is 13.7. The zero-order valence-corrected chi connectivity index (χ0v) is 11.4. The highest BCUT2D eigenvalue weighted by Gasteiger charge is 2.39. The highest BCUT2D eigenvalue weighted by molar-refractivity contribution is 9.09. The van der Waals surface area contributed by atoms with Gasteiger partial charge in [0.15, 0.2) is 0 Å². The second-order valence-corrected chi connectivity index (χ2v) is 6.51. The minimum atomic E-state index is -0.0622. The van der Waals surface area contributed by atoms with Crippen molar-refractivity contribution in [2.24, 2.45) is 0 Å². The zero-order valence-electron chi connectivity index (χ0n) is 9.78. The van der Waals surface area contributed by atoms with Crippen molar-refractivity contribution in [2.45, 2.75) is 49.1 Å². The van der Waals surface area contributed by atoms with Crippen LogP contribution in [0.4, 0.5) is 4.39 Å². The molecule has 1 aromatic rings. The Bertz CT molecular complexity index is 395. The molecular formula is C14H17BrFN. The van der Waals surface area contributed by atoms with Crippen LogP contribution in [0.5, 0.6) is 0 Å². The molecule has 0 radical (unpaired) electrons. The van der Waals surface area contributed by atoms with Gasteiger partial charge in [-0.3, -0.25) is 4.90 Å². The Hall–Kier alpha value is -0.410. The molecule has 2 unspecified atom stereocenters. The summed E-state index contributed by atoms with van der Waals surface area (Å²) in [5.74, 6) is -0.0622. The molecule has 92 valence electrons. The third kappa shape index (κ3) is 2.27. The molecule has 2 atom stereocenters. The van der Waals surface area contributed by atoms with E-state index in [-0.39, 0.29) is 5.82 Å². The van der Waals surface area contributed by atoms with E-state index in [4.69, 9.17) is 0 Å². The normalized spacial score (nSPS) is 32.9. The fraction of sp³-hybridized carbons (Fsp3) is 0.571. The van der Waals surface area contributed by atoms with Crippen LogP contribution in [0.3, 0.4) is 0 Å². The molecule has 2 aliphatic heterocycles. The van der Waals surface area contributed by atoms with Crippen LogP contribution in [0.25, 0.3) is 0 Å². The number of halogens is 2. The third-order valence-corrected chi connectivity index (χ3v) is 4.89. The van der Waals surface area contributed by atoms with Gasteiger partial charge in [-0.2, -0.15) is 0 Å². The smallest absolute Gasteiger partial charge is 0.127 e. The van der Waals surface area contributed by atoms with Gasteiger partial charge in [-0.05, 0) is 31.7 Å². The van der Waals surface area contributed by atoms with Crippen molar-refractivity contribution in [3.8, 4) is 0 Å². The Labute approximate surface area is 110 Å². The van der Waals surface area contributed by atoms with Gasteiger partial charge >= 0.3 is 0 Å². The van der Waals surface area contributed by atoms with Crippen molar-refractivity contribution in [3.05, 3.63) is 35.6 Å². The number of fused-ring (bicyclic) bond motifs is 2. The number of piperidine rings is 1. The minimum absolute atomic E-state index is 0.0622. The maximum absolute atomic E-state index is 13.7. The van der Waals surface area contributed by atoms with Gasteiger partial charge in [-0.15, -0.1) is 0 Å². The maximum atomic E-state index is 13.7. The lowest BCUT2D eigenvalue weighted by atomic mass is 10.0. The molecule has 2 aliphatic rings. The number of nitrogens with zero attached hydrogens (tertiary/aromatic N) is 1. The molecular weight excluding hydrogens is 281 g/mol. The SMILES string of the molecule is Fc1ccccc1CN1C2CCC1CC(Br)C2. The van der Waals surface area contributed by atoms with E-state index in [9.17, 15) is 4.39 Å². The lowest BCUT2D eigenvalue weighted by molar-refractivity contribution is 0.135. The molecule has 0 aromatic heterocycles. The van der Waals surface area contributed by atoms with Gasteiger partial charge in [0.25, 0.3) is 0 Å². The van der Waals surface area contributed by atoms with E-state index >= 15 is 0 Å². The Kier molecular flexibility index (Phi) is 3.22. The summed E-state index contributed by atoms with van der Waals surface area (Å²) in [6, 6.07) is 8.47. The second-order valence-electron chi connectivity index (χ2n) is 5.22. The molecule has 3 heteroatoms. The average Bonchev–Trinajstić information content (AvgIpc) is 2.56. The predicted molar refractivity (Wildman–Crippen MR) is 70.7 cm³/mol. The fourth-order valence-corrected chi connectivity index (χ4v) is 4.15. The monoisotopic (exact) mass is 297 g/mol. The molecule has 0 aliphatic carbocycles. The number of benzene rings is 1. The number of hydrogen-bond acceptors (Lipinski definition) is 1. The topological polar surface area (TPSA) is 3.24 Å². The lowest BCUT2D eigenvalue weighted by Crippen LogP contribution is -2.42. The predicted octanol–water partition coefficient (Wildman–Crippen LogP) is 3.72. The lowest BCUT2D eigenvalue weighted by Gasteiger charge is -2.37. The van der Waals surface area contributed by atoms with Gasteiger partial charge in [0.2, 0.25) is 0 Å². The highest BCUT2D eigenvalue weighted by atomic mass is 79.9. The van der Waals surface area contributed by atoms with Crippen LogP contribution in [0.2, 0.25) is 0 Å². The summed E-state index contributed by atoms with van der Waals surface area (Å²) in [4.78, 5) is 3.17. The number of rotatable bonds is 2. The van der Waals surface area contributed by atoms with Gasteiger partial charge in [0, 0.05) is 29.0 Å². The van der Waals surface area contributed by atoms with Crippen LogP contribution in [0.15, 0.2) is 24.3 Å². The molecule has 0 N–H and O–H groups in total. The van der Waals surface area contributed by atoms with E-state index in [1.165, 1.54) is 25.7 Å². The van der Waals surface area contributed by atoms with Crippen LogP contribution in [0, 0.1) is 5.82 Å². The molecule has 2 heterocycles. The summed E-state index contributed by atoms with van der Waals surface area (Å²) in [5.41, 5.74) is 0.845. The van der Waals surface area contributed by atoms with Crippen LogP contribution in [-0.2, 0) is 6.54 Å². The van der Waals surface area contributed by atoms with Crippen LogP contribution in [0.1, 0.15) is 31.2 Å². The molecule has 1 nitrogen and oxygen atoms in total. The van der Waals surface area contributed by atoms with E-state index in [0.717, 1.165) is 12.1 Å². The molecule has 17 heavy (non-hydrogen) atoms. The second kappa shape index (κ2) is 4.69. The van der Waals surface area contributed by atoms with Crippen molar-refractivity contribution >= 4 is 15.9 Å². The van der Waals surface area contributed by atoms with E-state index in [2.05, 4.69) is 20.8 Å². The third-order valence-electron chi connectivity index (χ3n) is 4.14. The molecule has 2 bridgehead atoms. The number of alkyl halides is 1. The summed E-state index contributed by atoms with van der Waals surface area (Å²) >= 11 is 3.74. The van der Waals surface area contributed by atoms with E-state index < -0.39 is 0 Å². The van der Waals surface area contributed by atoms with Crippen molar-refractivity contribution in [2.75, 3.05) is 0 Å². The van der Waals surface area contributed by atoms with Gasteiger partial charge in [-0.1, -0.05) is 34.1 Å². The van der Waals surface area contributed by atoms with Crippen molar-refractivity contribution < 1.29 is 4.39 Å². The molecule has 0 spiro atoms. The molecule has 3 rings (SSSR count). The first-order chi connectivity index (χ1) is 8.24. The molecule has 0 amide bonds. The number of hydrogen-bond donors (Lipinski definition) is 0. The highest BCUT2D eigenvalue weighted by Crippen LogP contribution is 2.39. The first-order valence-electron chi connectivity index (χ1n) is 6.37. The Morgan fingerprint density at radius 3 is 2.47 bits per heavy atom. The van der Waals surface area contributed by atoms with Crippen molar-refractivity contribution in [3.63, 3.8) is 0 Å². The summed E-state index contributed by atoms with van der Waals surface area (Å²) in [6.45, 7) is 0.779. The van der Waals surface area contributed by atoms with Crippen LogP contribution < -0.4 is 0 Å². The Morgan fingerprint density at radius 1 is 1.18 bits per heavy atom. The van der Waals surface area contributed by atoms with E-state index in [1.54, 1.807) is 12.1 Å². The Morgan fingerprint density at radius 2 is 1.82 bits per heavy atom. The van der Waals surface area contributed by atoms with Crippen LogP contribution >= 0.6 is 15.9 Å². The summed E-state index contributed by atoms with van der Waals surface area (Å²) in [5, 5.41) is 0. The van der Waals surface area contributed by atoms with Crippen molar-refractivity contribution in [1.82, 2.24) is 4.90 Å². The Balaban J connectivity index is 1.76. The van der Waals surface area contributed by atoms with Gasteiger partial charge < -0.3 is 0 Å². The fourth-order valence-electron chi connectivity index (χ4n) is 3.29. The summed E-state index contributed by atoms with van der Waals surface area (Å²) in [7, 11) is 0. The zero-order chi connectivity index (χ0) is 11.8. The van der Waals surface area contributed by atoms with Crippen LogP contribution in [-0.4, -0.2) is 21.8 Å². The minimum Gasteiger partial charge on any atom is -0.293 e. The van der Waals surface area contributed by atoms with Gasteiger partial charge in [0.05, 0.1) is 0 Å². The van der Waals surface area contributed by atoms with Gasteiger partial charge in [-0.25, -0.2) is 4.39 Å². The van der Waals surface area contributed by atoms with E-state index in [1.807, 2.05) is 12.1 Å². The van der Waals surface area contributed by atoms with Crippen molar-refractivity contribution in [1.29, 1.82) is 0 Å². The standard InChI is InChI=1S/C14H17BrFN/c15-11-7-12-5-6-13(8-11)17(12)9-10-3-1-2-4-14(10)16/h1-4,11-13H,5-9H2. The molecule has 2 saturated heterocycles. The van der Waals surface area contributed by atoms with Gasteiger partial charge in [0.1, 0.15) is 5.82 Å². The summed E-state index contributed by atoms with van der Waals surface area (Å²) in [6.07, 6.45) is 4.98. The first kappa shape index (κ1) is 11.7. The average molecular weight is 298 g/mol. The van der Waals surface area contributed by atoms with E-state index in [0.29, 0.717) is 16.9 Å². The molecule has 1 aromatic carbocycles. The molecule has 0 saturated carbocycles. The molecule has 2 fully saturated rings. The largest absolute Gasteiger partial charge is 0.293 e. The first-order valence-corrected chi connectivity index (χ1v) is 7.29.